The number of thioether (sulfide) groups is 1. The highest BCUT2D eigenvalue weighted by molar-refractivity contribution is 7.99. The maximum atomic E-state index is 5.84. The fourth-order valence-corrected chi connectivity index (χ4v) is 2.80. The molecule has 0 aliphatic heterocycles. The van der Waals surface area contributed by atoms with Gasteiger partial charge in [-0.15, -0.1) is 5.10 Å². The molecule has 1 aromatic heterocycles. The molecule has 0 spiro atoms. The van der Waals surface area contributed by atoms with Crippen LogP contribution in [0.3, 0.4) is 0 Å². The van der Waals surface area contributed by atoms with Crippen LogP contribution < -0.4 is 9.47 Å². The first-order chi connectivity index (χ1) is 12.2. The quantitative estimate of drug-likeness (QED) is 0.435. The largest absolute Gasteiger partial charge is 0.493 e. The van der Waals surface area contributed by atoms with E-state index in [0.29, 0.717) is 34.2 Å². The molecular formula is C17H15Cl2N3O2S. The van der Waals surface area contributed by atoms with Crippen molar-refractivity contribution in [2.24, 2.45) is 0 Å². The van der Waals surface area contributed by atoms with E-state index in [1.807, 2.05) is 24.3 Å². The van der Waals surface area contributed by atoms with Crippen molar-refractivity contribution in [1.29, 1.82) is 0 Å². The third-order valence-electron chi connectivity index (χ3n) is 3.10. The Hall–Kier alpha value is -1.89. The zero-order valence-corrected chi connectivity index (χ0v) is 15.4. The number of nitrogens with one attached hydrogen (secondary N) is 1. The summed E-state index contributed by atoms with van der Waals surface area (Å²) in [6.07, 6.45) is 0. The van der Waals surface area contributed by atoms with Crippen LogP contribution in [0.1, 0.15) is 5.82 Å². The van der Waals surface area contributed by atoms with Crippen molar-refractivity contribution in [3.05, 3.63) is 64.4 Å². The van der Waals surface area contributed by atoms with Gasteiger partial charge in [0.25, 0.3) is 0 Å². The number of H-pyrrole nitrogens is 1. The molecule has 0 amide bonds. The smallest absolute Gasteiger partial charge is 0.208 e. The highest BCUT2D eigenvalue weighted by Gasteiger charge is 2.05. The molecule has 1 N–H and O–H groups in total. The van der Waals surface area contributed by atoms with Crippen molar-refractivity contribution in [3.8, 4) is 11.5 Å². The zero-order chi connectivity index (χ0) is 17.5. The van der Waals surface area contributed by atoms with Gasteiger partial charge < -0.3 is 9.47 Å². The summed E-state index contributed by atoms with van der Waals surface area (Å²) >= 11 is 13.2. The predicted molar refractivity (Wildman–Crippen MR) is 99.8 cm³/mol. The molecule has 0 aliphatic rings. The molecule has 3 rings (SSSR count). The van der Waals surface area contributed by atoms with Crippen LogP contribution in [0.25, 0.3) is 0 Å². The van der Waals surface area contributed by atoms with E-state index in [1.165, 1.54) is 11.8 Å². The Bertz CT molecular complexity index is 794. The molecule has 2 aromatic carbocycles. The number of hydrogen-bond acceptors (Lipinski definition) is 5. The molecule has 130 valence electrons. The molecular weight excluding hydrogens is 381 g/mol. The standard InChI is InChI=1S/C17H15Cl2N3O2S/c18-12-1-5-14(6-2-12)23-9-10-25-17-20-16(21-22-17)11-24-15-7-3-13(19)4-8-15/h1-8H,9-11H2,(H,20,21,22). The molecule has 0 atom stereocenters. The van der Waals surface area contributed by atoms with Gasteiger partial charge in [0.2, 0.25) is 5.16 Å². The minimum absolute atomic E-state index is 0.316. The number of benzene rings is 2. The van der Waals surface area contributed by atoms with Gasteiger partial charge in [-0.1, -0.05) is 35.0 Å². The molecule has 8 heteroatoms. The van der Waals surface area contributed by atoms with Gasteiger partial charge >= 0.3 is 0 Å². The average molecular weight is 396 g/mol. The second-order valence-corrected chi connectivity index (χ2v) is 6.89. The third kappa shape index (κ3) is 5.85. The normalized spacial score (nSPS) is 10.6. The summed E-state index contributed by atoms with van der Waals surface area (Å²) < 4.78 is 11.2. The molecule has 0 radical (unpaired) electrons. The lowest BCUT2D eigenvalue weighted by molar-refractivity contribution is 0.296. The Balaban J connectivity index is 1.39. The van der Waals surface area contributed by atoms with Crippen molar-refractivity contribution < 1.29 is 9.47 Å². The van der Waals surface area contributed by atoms with Gasteiger partial charge in [0.05, 0.1) is 6.61 Å². The molecule has 3 aromatic rings. The van der Waals surface area contributed by atoms with Gasteiger partial charge in [-0.05, 0) is 48.5 Å². The topological polar surface area (TPSA) is 60.0 Å². The Kier molecular flexibility index (Phi) is 6.44. The van der Waals surface area contributed by atoms with Crippen molar-refractivity contribution >= 4 is 35.0 Å². The molecule has 0 saturated carbocycles. The summed E-state index contributed by atoms with van der Waals surface area (Å²) in [4.78, 5) is 4.37. The Morgan fingerprint density at radius 1 is 0.880 bits per heavy atom. The predicted octanol–water partition coefficient (Wildman–Crippen LogP) is 4.86. The van der Waals surface area contributed by atoms with Crippen LogP contribution in [-0.2, 0) is 6.61 Å². The highest BCUT2D eigenvalue weighted by Crippen LogP contribution is 2.18. The van der Waals surface area contributed by atoms with Gasteiger partial charge in [-0.2, -0.15) is 0 Å². The summed E-state index contributed by atoms with van der Waals surface area (Å²) in [5, 5.41) is 9.04. The van der Waals surface area contributed by atoms with E-state index in [2.05, 4.69) is 15.2 Å². The maximum absolute atomic E-state index is 5.84. The van der Waals surface area contributed by atoms with E-state index >= 15 is 0 Å². The minimum atomic E-state index is 0.316. The van der Waals surface area contributed by atoms with Crippen LogP contribution in [-0.4, -0.2) is 27.5 Å². The Labute approximate surface area is 159 Å². The summed E-state index contributed by atoms with van der Waals surface area (Å²) in [5.41, 5.74) is 0. The maximum Gasteiger partial charge on any atom is 0.208 e. The zero-order valence-electron chi connectivity index (χ0n) is 13.1. The van der Waals surface area contributed by atoms with Crippen LogP contribution in [0.2, 0.25) is 10.0 Å². The van der Waals surface area contributed by atoms with Crippen molar-refractivity contribution in [2.45, 2.75) is 11.8 Å². The number of nitrogens with zero attached hydrogens (tertiary/aromatic N) is 2. The lowest BCUT2D eigenvalue weighted by Crippen LogP contribution is -2.00. The molecule has 5 nitrogen and oxygen atoms in total. The lowest BCUT2D eigenvalue weighted by atomic mass is 10.3. The third-order valence-corrected chi connectivity index (χ3v) is 4.41. The average Bonchev–Trinajstić information content (AvgIpc) is 3.08. The van der Waals surface area contributed by atoms with E-state index in [9.17, 15) is 0 Å². The van der Waals surface area contributed by atoms with Crippen LogP contribution in [0, 0.1) is 0 Å². The summed E-state index contributed by atoms with van der Waals surface area (Å²) in [7, 11) is 0. The van der Waals surface area contributed by atoms with Gasteiger partial charge in [-0.25, -0.2) is 4.98 Å². The second-order valence-electron chi connectivity index (χ2n) is 4.96. The number of hydrogen-bond donors (Lipinski definition) is 1. The molecule has 0 fully saturated rings. The van der Waals surface area contributed by atoms with Crippen molar-refractivity contribution in [1.82, 2.24) is 15.2 Å². The second kappa shape index (κ2) is 8.99. The first kappa shape index (κ1) is 17.9. The van der Waals surface area contributed by atoms with Gasteiger partial charge in [0.15, 0.2) is 5.82 Å². The monoisotopic (exact) mass is 395 g/mol. The lowest BCUT2D eigenvalue weighted by Gasteiger charge is -2.04. The molecule has 25 heavy (non-hydrogen) atoms. The van der Waals surface area contributed by atoms with E-state index in [1.54, 1.807) is 24.3 Å². The number of ether oxygens (including phenoxy) is 2. The van der Waals surface area contributed by atoms with E-state index < -0.39 is 0 Å². The number of aromatic nitrogens is 3. The summed E-state index contributed by atoms with van der Waals surface area (Å²) in [6, 6.07) is 14.4. The van der Waals surface area contributed by atoms with Gasteiger partial charge in [-0.3, -0.25) is 5.10 Å². The first-order valence-electron chi connectivity index (χ1n) is 7.50. The van der Waals surface area contributed by atoms with E-state index in [-0.39, 0.29) is 0 Å². The molecule has 0 bridgehead atoms. The summed E-state index contributed by atoms with van der Waals surface area (Å²) in [6.45, 7) is 0.869. The molecule has 0 saturated heterocycles. The highest BCUT2D eigenvalue weighted by atomic mass is 35.5. The van der Waals surface area contributed by atoms with Gasteiger partial charge in [0, 0.05) is 15.8 Å². The first-order valence-corrected chi connectivity index (χ1v) is 9.24. The van der Waals surface area contributed by atoms with Crippen molar-refractivity contribution in [3.63, 3.8) is 0 Å². The minimum Gasteiger partial charge on any atom is -0.493 e. The van der Waals surface area contributed by atoms with E-state index in [4.69, 9.17) is 32.7 Å². The van der Waals surface area contributed by atoms with E-state index in [0.717, 1.165) is 17.3 Å². The fourth-order valence-electron chi connectivity index (χ4n) is 1.91. The van der Waals surface area contributed by atoms with Gasteiger partial charge in [0.1, 0.15) is 18.1 Å². The molecule has 1 heterocycles. The fraction of sp³-hybridized carbons (Fsp3) is 0.176. The number of rotatable bonds is 8. The van der Waals surface area contributed by atoms with Crippen LogP contribution in [0.4, 0.5) is 0 Å². The molecule has 0 aliphatic carbocycles. The van der Waals surface area contributed by atoms with Crippen LogP contribution >= 0.6 is 35.0 Å². The van der Waals surface area contributed by atoms with Crippen LogP contribution in [0.5, 0.6) is 11.5 Å². The SMILES string of the molecule is Clc1ccc(OCCSc2n[nH]c(COc3ccc(Cl)cc3)n2)cc1. The van der Waals surface area contributed by atoms with Crippen LogP contribution in [0.15, 0.2) is 53.7 Å². The number of halogens is 2. The summed E-state index contributed by atoms with van der Waals surface area (Å²) in [5.74, 6) is 2.91. The van der Waals surface area contributed by atoms with Crippen molar-refractivity contribution in [2.75, 3.05) is 12.4 Å². The number of aromatic amines is 1. The Morgan fingerprint density at radius 3 is 2.12 bits per heavy atom. The molecule has 0 unspecified atom stereocenters. The Morgan fingerprint density at radius 2 is 1.48 bits per heavy atom.